The fourth-order valence-electron chi connectivity index (χ4n) is 2.28. The van der Waals surface area contributed by atoms with Crippen LogP contribution in [0, 0.1) is 19.7 Å². The number of nitrogens with one attached hydrogen (secondary N) is 1. The topological polar surface area (TPSA) is 51.2 Å². The zero-order valence-corrected chi connectivity index (χ0v) is 14.7. The Bertz CT molecular complexity index is 908. The van der Waals surface area contributed by atoms with Crippen LogP contribution in [0.25, 0.3) is 0 Å². The van der Waals surface area contributed by atoms with Crippen molar-refractivity contribution >= 4 is 22.9 Å². The molecule has 4 nitrogen and oxygen atoms in total. The van der Waals surface area contributed by atoms with Crippen molar-refractivity contribution in [3.8, 4) is 5.75 Å². The molecular weight excluding hydrogens is 339 g/mol. The summed E-state index contributed by atoms with van der Waals surface area (Å²) in [5, 5.41) is 5.65. The van der Waals surface area contributed by atoms with Gasteiger partial charge in [0.05, 0.1) is 10.7 Å². The van der Waals surface area contributed by atoms with Gasteiger partial charge >= 0.3 is 0 Å². The van der Waals surface area contributed by atoms with E-state index in [0.29, 0.717) is 23.6 Å². The normalized spacial score (nSPS) is 10.5. The molecule has 1 aromatic heterocycles. The van der Waals surface area contributed by atoms with Crippen LogP contribution in [-0.4, -0.2) is 10.9 Å². The van der Waals surface area contributed by atoms with E-state index in [0.717, 1.165) is 16.3 Å². The predicted molar refractivity (Wildman–Crippen MR) is 96.7 cm³/mol. The van der Waals surface area contributed by atoms with Gasteiger partial charge in [0.25, 0.3) is 5.91 Å². The summed E-state index contributed by atoms with van der Waals surface area (Å²) in [5.74, 6) is -0.130. The average Bonchev–Trinajstić information content (AvgIpc) is 3.02. The van der Waals surface area contributed by atoms with Crippen LogP contribution in [0.3, 0.4) is 0 Å². The summed E-state index contributed by atoms with van der Waals surface area (Å²) < 4.78 is 19.0. The Kier molecular flexibility index (Phi) is 5.09. The number of hydrogen-bond acceptors (Lipinski definition) is 4. The molecule has 0 saturated heterocycles. The zero-order chi connectivity index (χ0) is 17.8. The van der Waals surface area contributed by atoms with Crippen molar-refractivity contribution in [3.63, 3.8) is 0 Å². The number of benzene rings is 2. The third-order valence-electron chi connectivity index (χ3n) is 3.60. The van der Waals surface area contributed by atoms with Crippen molar-refractivity contribution in [2.75, 3.05) is 5.32 Å². The maximum absolute atomic E-state index is 13.4. The second-order valence-corrected chi connectivity index (χ2v) is 6.65. The van der Waals surface area contributed by atoms with Crippen molar-refractivity contribution in [2.45, 2.75) is 20.5 Å². The Balaban J connectivity index is 1.69. The summed E-state index contributed by atoms with van der Waals surface area (Å²) in [6, 6.07) is 11.2. The molecule has 1 heterocycles. The minimum atomic E-state index is -0.392. The van der Waals surface area contributed by atoms with E-state index in [9.17, 15) is 9.18 Å². The van der Waals surface area contributed by atoms with E-state index in [1.807, 2.05) is 19.2 Å². The highest BCUT2D eigenvalue weighted by Crippen LogP contribution is 2.20. The average molecular weight is 356 g/mol. The van der Waals surface area contributed by atoms with Crippen LogP contribution in [0.4, 0.5) is 10.1 Å². The molecule has 128 valence electrons. The highest BCUT2D eigenvalue weighted by Gasteiger charge is 2.10. The highest BCUT2D eigenvalue weighted by molar-refractivity contribution is 7.09. The van der Waals surface area contributed by atoms with Gasteiger partial charge in [-0.25, -0.2) is 9.37 Å². The summed E-state index contributed by atoms with van der Waals surface area (Å²) in [5.41, 5.74) is 2.54. The molecule has 0 aliphatic rings. The fraction of sp³-hybridized carbons (Fsp3) is 0.158. The second kappa shape index (κ2) is 7.44. The van der Waals surface area contributed by atoms with E-state index in [1.165, 1.54) is 12.1 Å². The lowest BCUT2D eigenvalue weighted by molar-refractivity contribution is 0.102. The Labute approximate surface area is 149 Å². The quantitative estimate of drug-likeness (QED) is 0.719. The largest absolute Gasteiger partial charge is 0.487 e. The van der Waals surface area contributed by atoms with Gasteiger partial charge in [-0.15, -0.1) is 11.3 Å². The first-order chi connectivity index (χ1) is 12.0. The first-order valence-electron chi connectivity index (χ1n) is 7.72. The third kappa shape index (κ3) is 4.42. The van der Waals surface area contributed by atoms with Crippen molar-refractivity contribution in [1.82, 2.24) is 4.98 Å². The van der Waals surface area contributed by atoms with E-state index in [1.54, 1.807) is 41.7 Å². The Morgan fingerprint density at radius 1 is 1.24 bits per heavy atom. The number of nitrogens with zero attached hydrogens (tertiary/aromatic N) is 1. The number of thiazole rings is 1. The third-order valence-corrected chi connectivity index (χ3v) is 4.42. The predicted octanol–water partition coefficient (Wildman–Crippen LogP) is 4.73. The second-order valence-electron chi connectivity index (χ2n) is 5.59. The summed E-state index contributed by atoms with van der Waals surface area (Å²) in [4.78, 5) is 16.7. The molecule has 0 spiro atoms. The van der Waals surface area contributed by atoms with Gasteiger partial charge in [0.1, 0.15) is 18.2 Å². The fourth-order valence-corrected chi connectivity index (χ4v) is 2.88. The summed E-state index contributed by atoms with van der Waals surface area (Å²) in [6.45, 7) is 4.09. The van der Waals surface area contributed by atoms with Crippen LogP contribution in [-0.2, 0) is 6.61 Å². The summed E-state index contributed by atoms with van der Waals surface area (Å²) in [7, 11) is 0. The van der Waals surface area contributed by atoms with Gasteiger partial charge in [0, 0.05) is 16.6 Å². The lowest BCUT2D eigenvalue weighted by Gasteiger charge is -2.10. The van der Waals surface area contributed by atoms with Crippen LogP contribution >= 0.6 is 11.3 Å². The molecule has 2 aromatic carbocycles. The lowest BCUT2D eigenvalue weighted by atomic mass is 10.1. The molecule has 0 saturated carbocycles. The van der Waals surface area contributed by atoms with E-state index < -0.39 is 5.82 Å². The number of aryl methyl sites for hydroxylation is 2. The molecule has 1 N–H and O–H groups in total. The van der Waals surface area contributed by atoms with Crippen LogP contribution in [0.2, 0.25) is 0 Å². The number of halogens is 1. The Morgan fingerprint density at radius 3 is 2.84 bits per heavy atom. The molecule has 1 amide bonds. The van der Waals surface area contributed by atoms with Gasteiger partial charge in [-0.05, 0) is 49.7 Å². The molecule has 0 aliphatic carbocycles. The number of rotatable bonds is 5. The van der Waals surface area contributed by atoms with Crippen LogP contribution in [0.1, 0.15) is 26.6 Å². The molecule has 25 heavy (non-hydrogen) atoms. The van der Waals surface area contributed by atoms with Gasteiger partial charge in [0.15, 0.2) is 0 Å². The highest BCUT2D eigenvalue weighted by atomic mass is 32.1. The number of ether oxygens (including phenoxy) is 1. The van der Waals surface area contributed by atoms with Crippen molar-refractivity contribution < 1.29 is 13.9 Å². The molecule has 0 unspecified atom stereocenters. The van der Waals surface area contributed by atoms with Crippen LogP contribution in [0.5, 0.6) is 5.75 Å². The zero-order valence-electron chi connectivity index (χ0n) is 13.9. The van der Waals surface area contributed by atoms with Gasteiger partial charge in [-0.1, -0.05) is 12.1 Å². The number of amides is 1. The molecule has 0 radical (unpaired) electrons. The van der Waals surface area contributed by atoms with Gasteiger partial charge in [0.2, 0.25) is 0 Å². The molecule has 0 aliphatic heterocycles. The SMILES string of the molecule is Cc1nc(COc2cccc(C(=O)Nc3cc(F)ccc3C)c2)cs1. The molecule has 0 atom stereocenters. The number of anilines is 1. The number of carbonyl (C=O) groups excluding carboxylic acids is 1. The van der Waals surface area contributed by atoms with Crippen molar-refractivity contribution in [3.05, 3.63) is 75.5 Å². The van der Waals surface area contributed by atoms with E-state index in [2.05, 4.69) is 10.3 Å². The summed E-state index contributed by atoms with van der Waals surface area (Å²) >= 11 is 1.57. The molecule has 0 fully saturated rings. The van der Waals surface area contributed by atoms with Crippen molar-refractivity contribution in [1.29, 1.82) is 0 Å². The lowest BCUT2D eigenvalue weighted by Crippen LogP contribution is -2.13. The first kappa shape index (κ1) is 17.1. The van der Waals surface area contributed by atoms with E-state index >= 15 is 0 Å². The Morgan fingerprint density at radius 2 is 2.08 bits per heavy atom. The molecule has 3 rings (SSSR count). The van der Waals surface area contributed by atoms with Crippen LogP contribution in [0.15, 0.2) is 47.8 Å². The molecule has 0 bridgehead atoms. The maximum atomic E-state index is 13.4. The van der Waals surface area contributed by atoms with E-state index in [4.69, 9.17) is 4.74 Å². The standard InChI is InChI=1S/C19H17FN2O2S/c1-12-6-7-15(20)9-18(12)22-19(23)14-4-3-5-17(8-14)24-10-16-11-25-13(2)21-16/h3-9,11H,10H2,1-2H3,(H,22,23). The number of hydrogen-bond donors (Lipinski definition) is 1. The number of aromatic nitrogens is 1. The molecular formula is C19H17FN2O2S. The molecule has 6 heteroatoms. The van der Waals surface area contributed by atoms with Gasteiger partial charge < -0.3 is 10.1 Å². The molecule has 3 aromatic rings. The monoisotopic (exact) mass is 356 g/mol. The first-order valence-corrected chi connectivity index (χ1v) is 8.60. The van der Waals surface area contributed by atoms with Crippen LogP contribution < -0.4 is 10.1 Å². The summed E-state index contributed by atoms with van der Waals surface area (Å²) in [6.07, 6.45) is 0. The minimum absolute atomic E-state index is 0.316. The van der Waals surface area contributed by atoms with Gasteiger partial charge in [-0.3, -0.25) is 4.79 Å². The maximum Gasteiger partial charge on any atom is 0.255 e. The Hall–Kier alpha value is -2.73. The van der Waals surface area contributed by atoms with Gasteiger partial charge in [-0.2, -0.15) is 0 Å². The van der Waals surface area contributed by atoms with E-state index in [-0.39, 0.29) is 5.91 Å². The smallest absolute Gasteiger partial charge is 0.255 e. The van der Waals surface area contributed by atoms with Crippen molar-refractivity contribution in [2.24, 2.45) is 0 Å². The number of carbonyl (C=O) groups is 1. The minimum Gasteiger partial charge on any atom is -0.487 e.